The highest BCUT2D eigenvalue weighted by molar-refractivity contribution is 6.42. The molecule has 3 N–H and O–H groups in total. The Morgan fingerprint density at radius 2 is 2.24 bits per heavy atom. The van der Waals surface area contributed by atoms with Crippen LogP contribution in [0.4, 0.5) is 4.79 Å². The Morgan fingerprint density at radius 1 is 1.48 bits per heavy atom. The monoisotopic (exact) mass is 330 g/mol. The molecule has 116 valence electrons. The van der Waals surface area contributed by atoms with E-state index in [0.717, 1.165) is 24.0 Å². The highest BCUT2D eigenvalue weighted by atomic mass is 35.5. The van der Waals surface area contributed by atoms with E-state index in [-0.39, 0.29) is 24.6 Å². The third-order valence-corrected chi connectivity index (χ3v) is 4.67. The second kappa shape index (κ2) is 7.34. The molecule has 1 aromatic carbocycles. The second-order valence-electron chi connectivity index (χ2n) is 5.49. The number of aliphatic hydroxyl groups excluding tert-OH is 1. The SMILES string of the molecule is C[C@@H](CCO)CNC(=O)N[C@@H]1CCc2c1ccc(Cl)c2Cl. The first-order chi connectivity index (χ1) is 10.0. The molecule has 0 unspecified atom stereocenters. The van der Waals surface area contributed by atoms with E-state index in [1.807, 2.05) is 13.0 Å². The van der Waals surface area contributed by atoms with E-state index in [9.17, 15) is 4.79 Å². The molecule has 2 atom stereocenters. The Morgan fingerprint density at radius 3 is 2.95 bits per heavy atom. The van der Waals surface area contributed by atoms with E-state index in [4.69, 9.17) is 28.3 Å². The van der Waals surface area contributed by atoms with Gasteiger partial charge < -0.3 is 15.7 Å². The maximum Gasteiger partial charge on any atom is 0.315 e. The van der Waals surface area contributed by atoms with Crippen LogP contribution in [-0.2, 0) is 6.42 Å². The standard InChI is InChI=1S/C15H20Cl2N2O2/c1-9(6-7-20)8-18-15(21)19-13-5-3-11-10(13)2-4-12(16)14(11)17/h2,4,9,13,20H,3,5-8H2,1H3,(H2,18,19,21)/t9-,13+/m0/s1. The van der Waals surface area contributed by atoms with Gasteiger partial charge in [0.05, 0.1) is 16.1 Å². The zero-order valence-corrected chi connectivity index (χ0v) is 13.5. The Hall–Kier alpha value is -0.970. The van der Waals surface area contributed by atoms with Crippen molar-refractivity contribution in [3.05, 3.63) is 33.3 Å². The molecule has 0 fully saturated rings. The number of rotatable bonds is 5. The molecule has 2 rings (SSSR count). The molecule has 4 nitrogen and oxygen atoms in total. The number of halogens is 2. The lowest BCUT2D eigenvalue weighted by Crippen LogP contribution is -2.39. The molecule has 0 aliphatic heterocycles. The largest absolute Gasteiger partial charge is 0.396 e. The summed E-state index contributed by atoms with van der Waals surface area (Å²) in [4.78, 5) is 11.9. The van der Waals surface area contributed by atoms with Crippen LogP contribution in [0.2, 0.25) is 10.0 Å². The summed E-state index contributed by atoms with van der Waals surface area (Å²) in [6.07, 6.45) is 2.33. The van der Waals surface area contributed by atoms with Gasteiger partial charge in [-0.15, -0.1) is 0 Å². The van der Waals surface area contributed by atoms with Gasteiger partial charge in [0.1, 0.15) is 0 Å². The van der Waals surface area contributed by atoms with Gasteiger partial charge in [0, 0.05) is 13.2 Å². The fourth-order valence-electron chi connectivity index (χ4n) is 2.58. The van der Waals surface area contributed by atoms with Gasteiger partial charge in [0.15, 0.2) is 0 Å². The molecular weight excluding hydrogens is 311 g/mol. The third kappa shape index (κ3) is 4.02. The van der Waals surface area contributed by atoms with Gasteiger partial charge in [-0.05, 0) is 42.4 Å². The number of fused-ring (bicyclic) bond motifs is 1. The smallest absolute Gasteiger partial charge is 0.315 e. The Labute approximate surface area is 134 Å². The van der Waals surface area contributed by atoms with Gasteiger partial charge in [-0.25, -0.2) is 4.79 Å². The van der Waals surface area contributed by atoms with Gasteiger partial charge in [0.2, 0.25) is 0 Å². The summed E-state index contributed by atoms with van der Waals surface area (Å²) in [6, 6.07) is 3.48. The molecule has 0 aromatic heterocycles. The highest BCUT2D eigenvalue weighted by Crippen LogP contribution is 2.38. The molecule has 2 amide bonds. The minimum atomic E-state index is -0.191. The van der Waals surface area contributed by atoms with Crippen LogP contribution in [0.25, 0.3) is 0 Å². The molecule has 0 spiro atoms. The number of urea groups is 1. The van der Waals surface area contributed by atoms with Crippen LogP contribution in [-0.4, -0.2) is 24.3 Å². The number of aliphatic hydroxyl groups is 1. The van der Waals surface area contributed by atoms with Crippen molar-refractivity contribution < 1.29 is 9.90 Å². The first kappa shape index (κ1) is 16.4. The minimum Gasteiger partial charge on any atom is -0.396 e. The number of carbonyl (C=O) groups excluding carboxylic acids is 1. The lowest BCUT2D eigenvalue weighted by Gasteiger charge is -2.17. The predicted octanol–water partition coefficient (Wildman–Crippen LogP) is 3.30. The second-order valence-corrected chi connectivity index (χ2v) is 6.28. The lowest BCUT2D eigenvalue weighted by atomic mass is 10.1. The molecular formula is C15H20Cl2N2O2. The number of hydrogen-bond acceptors (Lipinski definition) is 2. The van der Waals surface area contributed by atoms with Crippen LogP contribution in [0.1, 0.15) is 36.9 Å². The normalized spacial score (nSPS) is 18.2. The maximum atomic E-state index is 11.9. The average molecular weight is 331 g/mol. The maximum absolute atomic E-state index is 11.9. The molecule has 21 heavy (non-hydrogen) atoms. The molecule has 0 heterocycles. The molecule has 0 saturated carbocycles. The quantitative estimate of drug-likeness (QED) is 0.775. The van der Waals surface area contributed by atoms with Gasteiger partial charge >= 0.3 is 6.03 Å². The topological polar surface area (TPSA) is 61.4 Å². The molecule has 1 aliphatic rings. The van der Waals surface area contributed by atoms with Crippen molar-refractivity contribution in [1.82, 2.24) is 10.6 Å². The first-order valence-corrected chi connectivity index (χ1v) is 7.90. The van der Waals surface area contributed by atoms with Crippen molar-refractivity contribution in [2.24, 2.45) is 5.92 Å². The Balaban J connectivity index is 1.92. The van der Waals surface area contributed by atoms with Gasteiger partial charge in [0.25, 0.3) is 0 Å². The number of nitrogens with one attached hydrogen (secondary N) is 2. The van der Waals surface area contributed by atoms with Crippen LogP contribution in [0.5, 0.6) is 0 Å². The summed E-state index contributed by atoms with van der Waals surface area (Å²) in [5, 5.41) is 15.8. The fourth-order valence-corrected chi connectivity index (χ4v) is 3.02. The van der Waals surface area contributed by atoms with E-state index in [1.165, 1.54) is 0 Å². The van der Waals surface area contributed by atoms with Crippen molar-refractivity contribution in [3.8, 4) is 0 Å². The van der Waals surface area contributed by atoms with Crippen molar-refractivity contribution in [1.29, 1.82) is 0 Å². The predicted molar refractivity (Wildman–Crippen MR) is 84.9 cm³/mol. The van der Waals surface area contributed by atoms with Crippen LogP contribution in [0, 0.1) is 5.92 Å². The zero-order chi connectivity index (χ0) is 15.4. The van der Waals surface area contributed by atoms with Crippen molar-refractivity contribution >= 4 is 29.2 Å². The van der Waals surface area contributed by atoms with Crippen LogP contribution in [0.3, 0.4) is 0 Å². The van der Waals surface area contributed by atoms with Gasteiger partial charge in [-0.2, -0.15) is 0 Å². The molecule has 0 radical (unpaired) electrons. The van der Waals surface area contributed by atoms with Crippen LogP contribution in [0.15, 0.2) is 12.1 Å². The average Bonchev–Trinajstić information content (AvgIpc) is 2.85. The van der Waals surface area contributed by atoms with Crippen LogP contribution < -0.4 is 10.6 Å². The van der Waals surface area contributed by atoms with E-state index >= 15 is 0 Å². The van der Waals surface area contributed by atoms with E-state index in [1.54, 1.807) is 6.07 Å². The summed E-state index contributed by atoms with van der Waals surface area (Å²) in [5.74, 6) is 0.255. The van der Waals surface area contributed by atoms with Crippen molar-refractivity contribution in [2.45, 2.75) is 32.2 Å². The van der Waals surface area contributed by atoms with Gasteiger partial charge in [-0.3, -0.25) is 0 Å². The Kier molecular flexibility index (Phi) is 5.73. The number of benzene rings is 1. The molecule has 6 heteroatoms. The Bertz CT molecular complexity index is 523. The molecule has 1 aromatic rings. The fraction of sp³-hybridized carbons (Fsp3) is 0.533. The van der Waals surface area contributed by atoms with E-state index in [0.29, 0.717) is 23.0 Å². The number of hydrogen-bond donors (Lipinski definition) is 3. The zero-order valence-electron chi connectivity index (χ0n) is 12.0. The summed E-state index contributed by atoms with van der Waals surface area (Å²) in [6.45, 7) is 2.68. The summed E-state index contributed by atoms with van der Waals surface area (Å²) in [5.41, 5.74) is 2.08. The summed E-state index contributed by atoms with van der Waals surface area (Å²) >= 11 is 12.2. The molecule has 1 aliphatic carbocycles. The van der Waals surface area contributed by atoms with Gasteiger partial charge in [-0.1, -0.05) is 36.2 Å². The number of amides is 2. The van der Waals surface area contributed by atoms with E-state index < -0.39 is 0 Å². The van der Waals surface area contributed by atoms with Crippen molar-refractivity contribution in [2.75, 3.05) is 13.2 Å². The summed E-state index contributed by atoms with van der Waals surface area (Å²) < 4.78 is 0. The lowest BCUT2D eigenvalue weighted by molar-refractivity contribution is 0.230. The minimum absolute atomic E-state index is 0.0251. The molecule has 0 bridgehead atoms. The molecule has 0 saturated heterocycles. The van der Waals surface area contributed by atoms with E-state index in [2.05, 4.69) is 10.6 Å². The number of carbonyl (C=O) groups is 1. The van der Waals surface area contributed by atoms with Crippen LogP contribution >= 0.6 is 23.2 Å². The van der Waals surface area contributed by atoms with Crippen molar-refractivity contribution in [3.63, 3.8) is 0 Å². The summed E-state index contributed by atoms with van der Waals surface area (Å²) in [7, 11) is 0. The highest BCUT2D eigenvalue weighted by Gasteiger charge is 2.26. The third-order valence-electron chi connectivity index (χ3n) is 3.83. The first-order valence-electron chi connectivity index (χ1n) is 7.15.